The standard InChI is InChI=1S/C16H22N4OS.2ClH/c1-3-8-16(2,17)15(21)19-10-7-14-20-13(11-22-14)12-6-4-5-9-18-12;;/h4-6,9,11H,3,7-8,10,17H2,1-2H3,(H,19,21);2*1H. The molecule has 0 aliphatic carbocycles. The number of thiazole rings is 1. The van der Waals surface area contributed by atoms with Crippen molar-refractivity contribution in [3.63, 3.8) is 0 Å². The molecule has 2 heterocycles. The molecule has 1 unspecified atom stereocenters. The van der Waals surface area contributed by atoms with Gasteiger partial charge in [-0.15, -0.1) is 36.2 Å². The summed E-state index contributed by atoms with van der Waals surface area (Å²) >= 11 is 1.58. The molecule has 0 saturated heterocycles. The van der Waals surface area contributed by atoms with Gasteiger partial charge < -0.3 is 11.1 Å². The number of rotatable bonds is 7. The van der Waals surface area contributed by atoms with Crippen molar-refractivity contribution < 1.29 is 4.79 Å². The highest BCUT2D eigenvalue weighted by molar-refractivity contribution is 7.09. The van der Waals surface area contributed by atoms with Crippen molar-refractivity contribution in [3.05, 3.63) is 34.8 Å². The highest BCUT2D eigenvalue weighted by Crippen LogP contribution is 2.19. The fourth-order valence-electron chi connectivity index (χ4n) is 2.18. The molecular weight excluding hydrogens is 367 g/mol. The molecule has 1 amide bonds. The van der Waals surface area contributed by atoms with Crippen LogP contribution < -0.4 is 11.1 Å². The highest BCUT2D eigenvalue weighted by Gasteiger charge is 2.26. The van der Waals surface area contributed by atoms with E-state index in [1.54, 1.807) is 24.5 Å². The van der Waals surface area contributed by atoms with E-state index in [9.17, 15) is 4.79 Å². The van der Waals surface area contributed by atoms with E-state index >= 15 is 0 Å². The van der Waals surface area contributed by atoms with Crippen molar-refractivity contribution >= 4 is 42.1 Å². The Labute approximate surface area is 159 Å². The first kappa shape index (κ1) is 22.8. The lowest BCUT2D eigenvalue weighted by molar-refractivity contribution is -0.126. The smallest absolute Gasteiger partial charge is 0.239 e. The van der Waals surface area contributed by atoms with E-state index in [4.69, 9.17) is 5.73 Å². The van der Waals surface area contributed by atoms with Crippen LogP contribution in [0, 0.1) is 0 Å². The summed E-state index contributed by atoms with van der Waals surface area (Å²) < 4.78 is 0. The zero-order chi connectivity index (χ0) is 16.0. The number of hydrogen-bond acceptors (Lipinski definition) is 5. The largest absolute Gasteiger partial charge is 0.354 e. The second-order valence-electron chi connectivity index (χ2n) is 5.51. The van der Waals surface area contributed by atoms with E-state index in [-0.39, 0.29) is 30.7 Å². The second-order valence-corrected chi connectivity index (χ2v) is 6.46. The fourth-order valence-corrected chi connectivity index (χ4v) is 2.97. The van der Waals surface area contributed by atoms with Crippen LogP contribution >= 0.6 is 36.2 Å². The van der Waals surface area contributed by atoms with Gasteiger partial charge in [0.25, 0.3) is 0 Å². The normalized spacial score (nSPS) is 12.5. The summed E-state index contributed by atoms with van der Waals surface area (Å²) in [5.74, 6) is -0.101. The summed E-state index contributed by atoms with van der Waals surface area (Å²) in [7, 11) is 0. The number of nitrogens with two attached hydrogens (primary N) is 1. The van der Waals surface area contributed by atoms with Crippen molar-refractivity contribution in [2.75, 3.05) is 6.54 Å². The Morgan fingerprint density at radius 3 is 2.71 bits per heavy atom. The van der Waals surface area contributed by atoms with Crippen molar-refractivity contribution in [2.24, 2.45) is 5.73 Å². The number of pyridine rings is 1. The predicted molar refractivity (Wildman–Crippen MR) is 104 cm³/mol. The molecule has 0 spiro atoms. The maximum Gasteiger partial charge on any atom is 0.239 e. The van der Waals surface area contributed by atoms with Gasteiger partial charge in [0, 0.05) is 24.5 Å². The minimum atomic E-state index is -0.795. The van der Waals surface area contributed by atoms with Gasteiger partial charge in [-0.05, 0) is 25.5 Å². The fraction of sp³-hybridized carbons (Fsp3) is 0.438. The topological polar surface area (TPSA) is 80.9 Å². The molecule has 0 aromatic carbocycles. The second kappa shape index (κ2) is 10.6. The van der Waals surface area contributed by atoms with Crippen molar-refractivity contribution in [1.82, 2.24) is 15.3 Å². The number of nitrogens with one attached hydrogen (secondary N) is 1. The molecular formula is C16H24Cl2N4OS. The van der Waals surface area contributed by atoms with Crippen LogP contribution in [0.2, 0.25) is 0 Å². The highest BCUT2D eigenvalue weighted by atomic mass is 35.5. The van der Waals surface area contributed by atoms with Crippen LogP contribution in [0.4, 0.5) is 0 Å². The molecule has 2 rings (SSSR count). The minimum Gasteiger partial charge on any atom is -0.354 e. The molecule has 3 N–H and O–H groups in total. The van der Waals surface area contributed by atoms with E-state index in [1.165, 1.54) is 0 Å². The van der Waals surface area contributed by atoms with Crippen LogP contribution in [0.1, 0.15) is 31.7 Å². The van der Waals surface area contributed by atoms with E-state index in [0.29, 0.717) is 19.4 Å². The first-order valence-electron chi connectivity index (χ1n) is 7.46. The van der Waals surface area contributed by atoms with Gasteiger partial charge in [-0.3, -0.25) is 9.78 Å². The lowest BCUT2D eigenvalue weighted by atomic mass is 9.96. The number of aromatic nitrogens is 2. The maximum absolute atomic E-state index is 12.0. The Kier molecular flexibility index (Phi) is 10.1. The van der Waals surface area contributed by atoms with Crippen molar-refractivity contribution in [2.45, 2.75) is 38.6 Å². The summed E-state index contributed by atoms with van der Waals surface area (Å²) in [5.41, 5.74) is 6.95. The van der Waals surface area contributed by atoms with Gasteiger partial charge in [-0.25, -0.2) is 4.98 Å². The predicted octanol–water partition coefficient (Wildman–Crippen LogP) is 3.22. The van der Waals surface area contributed by atoms with E-state index in [1.807, 2.05) is 30.5 Å². The number of hydrogen-bond donors (Lipinski definition) is 2. The quantitative estimate of drug-likeness (QED) is 0.760. The van der Waals surface area contributed by atoms with E-state index < -0.39 is 5.54 Å². The molecule has 0 radical (unpaired) electrons. The van der Waals surface area contributed by atoms with Crippen LogP contribution in [0.15, 0.2) is 29.8 Å². The number of amides is 1. The number of carbonyl (C=O) groups excluding carboxylic acids is 1. The van der Waals surface area contributed by atoms with Gasteiger partial charge in [0.15, 0.2) is 0 Å². The third kappa shape index (κ3) is 6.36. The van der Waals surface area contributed by atoms with Gasteiger partial charge >= 0.3 is 0 Å². The Bertz CT molecular complexity index is 620. The van der Waals surface area contributed by atoms with Crippen molar-refractivity contribution in [3.8, 4) is 11.4 Å². The summed E-state index contributed by atoms with van der Waals surface area (Å²) in [6.07, 6.45) is 4.02. The average Bonchev–Trinajstić information content (AvgIpc) is 2.97. The lowest BCUT2D eigenvalue weighted by Crippen LogP contribution is -2.51. The van der Waals surface area contributed by atoms with Gasteiger partial charge in [-0.1, -0.05) is 19.4 Å². The molecule has 0 bridgehead atoms. The van der Waals surface area contributed by atoms with Crippen LogP contribution in [-0.4, -0.2) is 28.0 Å². The van der Waals surface area contributed by atoms with Crippen LogP contribution in [-0.2, 0) is 11.2 Å². The minimum absolute atomic E-state index is 0. The summed E-state index contributed by atoms with van der Waals surface area (Å²) in [5, 5.41) is 5.86. The molecule has 0 saturated carbocycles. The lowest BCUT2D eigenvalue weighted by Gasteiger charge is -2.22. The number of nitrogens with zero attached hydrogens (tertiary/aromatic N) is 2. The molecule has 5 nitrogen and oxygen atoms in total. The van der Waals surface area contributed by atoms with Gasteiger partial charge in [0.1, 0.15) is 0 Å². The van der Waals surface area contributed by atoms with Crippen molar-refractivity contribution in [1.29, 1.82) is 0 Å². The first-order valence-corrected chi connectivity index (χ1v) is 8.34. The third-order valence-corrected chi connectivity index (χ3v) is 4.30. The molecule has 0 aliphatic rings. The monoisotopic (exact) mass is 390 g/mol. The number of carbonyl (C=O) groups is 1. The SMILES string of the molecule is CCCC(C)(N)C(=O)NCCc1nc(-c2ccccn2)cs1.Cl.Cl. The van der Waals surface area contributed by atoms with E-state index in [2.05, 4.69) is 15.3 Å². The van der Waals surface area contributed by atoms with Gasteiger partial charge in [0.2, 0.25) is 5.91 Å². The molecule has 2 aromatic heterocycles. The third-order valence-electron chi connectivity index (χ3n) is 3.39. The summed E-state index contributed by atoms with van der Waals surface area (Å²) in [4.78, 5) is 20.8. The molecule has 0 aliphatic heterocycles. The molecule has 2 aromatic rings. The Morgan fingerprint density at radius 1 is 1.33 bits per heavy atom. The van der Waals surface area contributed by atoms with Crippen LogP contribution in [0.3, 0.4) is 0 Å². The van der Waals surface area contributed by atoms with Gasteiger partial charge in [0.05, 0.1) is 21.9 Å². The number of halogens is 2. The van der Waals surface area contributed by atoms with Crippen LogP contribution in [0.25, 0.3) is 11.4 Å². The molecule has 8 heteroatoms. The maximum atomic E-state index is 12.0. The zero-order valence-corrected chi connectivity index (χ0v) is 16.3. The average molecular weight is 391 g/mol. The summed E-state index contributed by atoms with van der Waals surface area (Å²) in [6, 6.07) is 5.76. The zero-order valence-electron chi connectivity index (χ0n) is 13.8. The molecule has 134 valence electrons. The van der Waals surface area contributed by atoms with Crippen LogP contribution in [0.5, 0.6) is 0 Å². The molecule has 0 fully saturated rings. The van der Waals surface area contributed by atoms with E-state index in [0.717, 1.165) is 22.8 Å². The Morgan fingerprint density at radius 2 is 2.08 bits per heavy atom. The molecule has 1 atom stereocenters. The molecule has 24 heavy (non-hydrogen) atoms. The van der Waals surface area contributed by atoms with Gasteiger partial charge in [-0.2, -0.15) is 0 Å². The Balaban J connectivity index is 0.00000264. The first-order chi connectivity index (χ1) is 10.5. The summed E-state index contributed by atoms with van der Waals surface area (Å²) in [6.45, 7) is 4.34. The Hall–Kier alpha value is -1.21.